The lowest BCUT2D eigenvalue weighted by Gasteiger charge is -2.14. The fourth-order valence-electron chi connectivity index (χ4n) is 0.456. The van der Waals surface area contributed by atoms with Crippen LogP contribution in [0.2, 0.25) is 0 Å². The van der Waals surface area contributed by atoms with Crippen molar-refractivity contribution in [1.29, 1.82) is 0 Å². The maximum absolute atomic E-state index is 5.60. The Labute approximate surface area is 71.1 Å². The Kier molecular flexibility index (Phi) is 12.2. The highest BCUT2D eigenvalue weighted by atomic mass is 16.5. The molecule has 0 radical (unpaired) electrons. The Bertz CT molecular complexity index is 64.6. The second-order valence-corrected chi connectivity index (χ2v) is 2.50. The molecule has 0 rings (SSSR count). The van der Waals surface area contributed by atoms with Gasteiger partial charge in [-0.1, -0.05) is 20.8 Å². The first-order valence-electron chi connectivity index (χ1n) is 4.51. The Morgan fingerprint density at radius 1 is 1.27 bits per heavy atom. The van der Waals surface area contributed by atoms with Crippen LogP contribution in [0.1, 0.15) is 34.6 Å². The van der Waals surface area contributed by atoms with Crippen molar-refractivity contribution < 1.29 is 4.74 Å². The van der Waals surface area contributed by atoms with Gasteiger partial charge in [0.15, 0.2) is 0 Å². The van der Waals surface area contributed by atoms with Gasteiger partial charge in [0, 0.05) is 12.6 Å². The zero-order chi connectivity index (χ0) is 9.28. The van der Waals surface area contributed by atoms with E-state index in [-0.39, 0.29) is 6.04 Å². The van der Waals surface area contributed by atoms with Crippen molar-refractivity contribution >= 4 is 0 Å². The molecule has 0 heterocycles. The van der Waals surface area contributed by atoms with Crippen LogP contribution in [0.25, 0.3) is 0 Å². The minimum atomic E-state index is 0.247. The highest BCUT2D eigenvalue weighted by Crippen LogP contribution is 1.98. The summed E-state index contributed by atoms with van der Waals surface area (Å²) in [5, 5.41) is 0. The highest BCUT2D eigenvalue weighted by Gasteiger charge is 2.05. The molecule has 0 bridgehead atoms. The summed E-state index contributed by atoms with van der Waals surface area (Å²) in [6, 6.07) is 0.247. The molecule has 0 aliphatic carbocycles. The molecule has 2 N–H and O–H groups in total. The van der Waals surface area contributed by atoms with E-state index in [0.717, 1.165) is 13.2 Å². The number of ether oxygens (including phenoxy) is 1. The molecule has 0 fully saturated rings. The number of nitrogens with two attached hydrogens (primary N) is 1. The quantitative estimate of drug-likeness (QED) is 0.684. The summed E-state index contributed by atoms with van der Waals surface area (Å²) in [5.41, 5.74) is 5.60. The number of rotatable bonds is 4. The van der Waals surface area contributed by atoms with E-state index < -0.39 is 0 Å². The summed E-state index contributed by atoms with van der Waals surface area (Å²) in [6.45, 7) is 11.7. The van der Waals surface area contributed by atoms with Gasteiger partial charge >= 0.3 is 0 Å². The van der Waals surface area contributed by atoms with Crippen LogP contribution in [0, 0.1) is 5.92 Å². The molecule has 0 aromatic carbocycles. The molecule has 2 heteroatoms. The fraction of sp³-hybridized carbons (Fsp3) is 1.00. The minimum Gasteiger partial charge on any atom is -0.381 e. The zero-order valence-electron chi connectivity index (χ0n) is 8.55. The average Bonchev–Trinajstić information content (AvgIpc) is 2.03. The van der Waals surface area contributed by atoms with Gasteiger partial charge in [0.2, 0.25) is 0 Å². The predicted molar refractivity (Wildman–Crippen MR) is 50.7 cm³/mol. The molecule has 2 atom stereocenters. The Balaban J connectivity index is 0. The van der Waals surface area contributed by atoms with Gasteiger partial charge in [0.1, 0.15) is 0 Å². The molecular formula is C9H23NO. The summed E-state index contributed by atoms with van der Waals surface area (Å²) < 4.78 is 5.18. The predicted octanol–water partition coefficient (Wildman–Crippen LogP) is 2.03. The van der Waals surface area contributed by atoms with Crippen molar-refractivity contribution in [2.24, 2.45) is 11.7 Å². The first-order valence-corrected chi connectivity index (χ1v) is 4.51. The lowest BCUT2D eigenvalue weighted by Crippen LogP contribution is -2.27. The van der Waals surface area contributed by atoms with E-state index in [9.17, 15) is 0 Å². The molecule has 0 aliphatic rings. The van der Waals surface area contributed by atoms with Gasteiger partial charge in [-0.25, -0.2) is 0 Å². The van der Waals surface area contributed by atoms with Crippen LogP contribution in [-0.2, 0) is 4.74 Å². The van der Waals surface area contributed by atoms with Crippen LogP contribution in [0.5, 0.6) is 0 Å². The molecule has 11 heavy (non-hydrogen) atoms. The largest absolute Gasteiger partial charge is 0.381 e. The van der Waals surface area contributed by atoms with Gasteiger partial charge in [-0.05, 0) is 19.8 Å². The van der Waals surface area contributed by atoms with E-state index in [4.69, 9.17) is 10.5 Å². The van der Waals surface area contributed by atoms with Gasteiger partial charge < -0.3 is 10.5 Å². The minimum absolute atomic E-state index is 0.247. The van der Waals surface area contributed by atoms with Crippen LogP contribution in [-0.4, -0.2) is 19.3 Å². The maximum atomic E-state index is 5.60. The molecule has 0 aromatic heterocycles. The third kappa shape index (κ3) is 9.92. The van der Waals surface area contributed by atoms with E-state index >= 15 is 0 Å². The fourth-order valence-corrected chi connectivity index (χ4v) is 0.456. The summed E-state index contributed by atoms with van der Waals surface area (Å²) in [4.78, 5) is 0. The molecule has 0 spiro atoms. The van der Waals surface area contributed by atoms with Gasteiger partial charge in [0.25, 0.3) is 0 Å². The summed E-state index contributed by atoms with van der Waals surface area (Å²) >= 11 is 0. The third-order valence-corrected chi connectivity index (χ3v) is 1.48. The van der Waals surface area contributed by atoms with E-state index in [0.29, 0.717) is 5.92 Å². The SMILES string of the molecule is CC.CCOCC(C)C(C)N. The summed E-state index contributed by atoms with van der Waals surface area (Å²) in [5.74, 6) is 0.477. The lowest BCUT2D eigenvalue weighted by molar-refractivity contribution is 0.109. The van der Waals surface area contributed by atoms with Gasteiger partial charge in [-0.2, -0.15) is 0 Å². The van der Waals surface area contributed by atoms with E-state index in [1.807, 2.05) is 27.7 Å². The van der Waals surface area contributed by atoms with Crippen LogP contribution in [0.3, 0.4) is 0 Å². The first kappa shape index (κ1) is 13.5. The van der Waals surface area contributed by atoms with Gasteiger partial charge in [0.05, 0.1) is 6.61 Å². The topological polar surface area (TPSA) is 35.2 Å². The molecule has 0 saturated carbocycles. The zero-order valence-corrected chi connectivity index (χ0v) is 8.55. The van der Waals surface area contributed by atoms with Crippen molar-refractivity contribution in [3.8, 4) is 0 Å². The second-order valence-electron chi connectivity index (χ2n) is 2.50. The van der Waals surface area contributed by atoms with E-state index in [1.165, 1.54) is 0 Å². The van der Waals surface area contributed by atoms with Crippen LogP contribution in [0.15, 0.2) is 0 Å². The van der Waals surface area contributed by atoms with Crippen molar-refractivity contribution in [3.63, 3.8) is 0 Å². The maximum Gasteiger partial charge on any atom is 0.0506 e. The molecule has 0 aromatic rings. The smallest absolute Gasteiger partial charge is 0.0506 e. The van der Waals surface area contributed by atoms with Crippen molar-refractivity contribution in [2.45, 2.75) is 40.7 Å². The average molecular weight is 161 g/mol. The second kappa shape index (κ2) is 9.92. The van der Waals surface area contributed by atoms with Crippen molar-refractivity contribution in [2.75, 3.05) is 13.2 Å². The van der Waals surface area contributed by atoms with Crippen LogP contribution in [0.4, 0.5) is 0 Å². The standard InChI is InChI=1S/C7H17NO.C2H6/c1-4-9-5-6(2)7(3)8;1-2/h6-7H,4-5,8H2,1-3H3;1-2H3. The van der Waals surface area contributed by atoms with Crippen LogP contribution >= 0.6 is 0 Å². The van der Waals surface area contributed by atoms with Crippen molar-refractivity contribution in [1.82, 2.24) is 0 Å². The number of hydrogen-bond acceptors (Lipinski definition) is 2. The Morgan fingerprint density at radius 2 is 1.73 bits per heavy atom. The molecule has 2 nitrogen and oxygen atoms in total. The molecule has 2 unspecified atom stereocenters. The van der Waals surface area contributed by atoms with Gasteiger partial charge in [-0.15, -0.1) is 0 Å². The molecule has 70 valence electrons. The molecular weight excluding hydrogens is 138 g/mol. The molecule has 0 saturated heterocycles. The third-order valence-electron chi connectivity index (χ3n) is 1.48. The monoisotopic (exact) mass is 161 g/mol. The van der Waals surface area contributed by atoms with Gasteiger partial charge in [-0.3, -0.25) is 0 Å². The summed E-state index contributed by atoms with van der Waals surface area (Å²) in [6.07, 6.45) is 0. The van der Waals surface area contributed by atoms with Crippen LogP contribution < -0.4 is 5.73 Å². The van der Waals surface area contributed by atoms with E-state index in [2.05, 4.69) is 6.92 Å². The lowest BCUT2D eigenvalue weighted by atomic mass is 10.1. The normalized spacial score (nSPS) is 14.7. The Morgan fingerprint density at radius 3 is 2.00 bits per heavy atom. The highest BCUT2D eigenvalue weighted by molar-refractivity contribution is 4.61. The summed E-state index contributed by atoms with van der Waals surface area (Å²) in [7, 11) is 0. The van der Waals surface area contributed by atoms with Crippen molar-refractivity contribution in [3.05, 3.63) is 0 Å². The number of hydrogen-bond donors (Lipinski definition) is 1. The Hall–Kier alpha value is -0.0800. The molecule has 0 aliphatic heterocycles. The first-order chi connectivity index (χ1) is 5.18. The molecule has 0 amide bonds. The van der Waals surface area contributed by atoms with E-state index in [1.54, 1.807) is 0 Å².